The first kappa shape index (κ1) is 12.8. The molecule has 19 heavy (non-hydrogen) atoms. The Bertz CT molecular complexity index is 600. The van der Waals surface area contributed by atoms with Gasteiger partial charge in [0.15, 0.2) is 5.69 Å². The second-order valence-corrected chi connectivity index (χ2v) is 4.13. The van der Waals surface area contributed by atoms with Gasteiger partial charge in [-0.1, -0.05) is 18.2 Å². The fourth-order valence-electron chi connectivity index (χ4n) is 1.70. The predicted octanol–water partition coefficient (Wildman–Crippen LogP) is 1.05. The Morgan fingerprint density at radius 3 is 2.32 bits per heavy atom. The van der Waals surface area contributed by atoms with Crippen molar-refractivity contribution >= 4 is 11.6 Å². The zero-order valence-corrected chi connectivity index (χ0v) is 10.6. The molecule has 0 heterocycles. The molecule has 2 aromatic rings. The zero-order chi connectivity index (χ0) is 13.7. The molecule has 0 aliphatic heterocycles. The van der Waals surface area contributed by atoms with Crippen LogP contribution >= 0.6 is 0 Å². The average Bonchev–Trinajstić information content (AvgIpc) is 2.48. The Balaban J connectivity index is 2.06. The van der Waals surface area contributed by atoms with Gasteiger partial charge in [0.1, 0.15) is 0 Å². The number of nitriles is 1. The van der Waals surface area contributed by atoms with E-state index in [0.717, 1.165) is 10.7 Å². The molecule has 1 atom stereocenters. The highest BCUT2D eigenvalue weighted by molar-refractivity contribution is 5.93. The predicted molar refractivity (Wildman–Crippen MR) is 71.6 cm³/mol. The molecule has 2 N–H and O–H groups in total. The lowest BCUT2D eigenvalue weighted by atomic mass is 10.1. The van der Waals surface area contributed by atoms with E-state index >= 15 is 0 Å². The van der Waals surface area contributed by atoms with Crippen LogP contribution in [0.1, 0.15) is 15.9 Å². The van der Waals surface area contributed by atoms with E-state index < -0.39 is 0 Å². The van der Waals surface area contributed by atoms with E-state index in [9.17, 15) is 4.79 Å². The molecule has 0 saturated carbocycles. The van der Waals surface area contributed by atoms with Crippen LogP contribution in [0, 0.1) is 11.3 Å². The van der Waals surface area contributed by atoms with E-state index in [0.29, 0.717) is 11.1 Å². The van der Waals surface area contributed by atoms with E-state index in [1.54, 1.807) is 24.3 Å². The van der Waals surface area contributed by atoms with Crippen molar-refractivity contribution in [1.82, 2.24) is 5.43 Å². The Kier molecular flexibility index (Phi) is 3.91. The lowest BCUT2D eigenvalue weighted by Crippen LogP contribution is -3.12. The zero-order valence-electron chi connectivity index (χ0n) is 10.6. The summed E-state index contributed by atoms with van der Waals surface area (Å²) in [5, 5.41) is 9.51. The van der Waals surface area contributed by atoms with Gasteiger partial charge < -0.3 is 0 Å². The lowest BCUT2D eigenvalue weighted by Gasteiger charge is -2.13. The third kappa shape index (κ3) is 3.18. The molecule has 2 rings (SSSR count). The Morgan fingerprint density at radius 2 is 1.74 bits per heavy atom. The van der Waals surface area contributed by atoms with Crippen molar-refractivity contribution in [3.8, 4) is 6.07 Å². The van der Waals surface area contributed by atoms with Gasteiger partial charge in [-0.25, -0.2) is 5.01 Å². The third-order valence-electron chi connectivity index (χ3n) is 2.78. The van der Waals surface area contributed by atoms with Gasteiger partial charge in [-0.2, -0.15) is 10.7 Å². The summed E-state index contributed by atoms with van der Waals surface area (Å²) in [6, 6.07) is 18.2. The van der Waals surface area contributed by atoms with Crippen LogP contribution in [-0.2, 0) is 0 Å². The molecule has 0 aromatic heterocycles. The molecule has 0 saturated heterocycles. The standard InChI is InChI=1S/C15H13N3O/c1-18(14-5-3-2-4-6-14)17-15(19)13-9-7-12(11-16)8-10-13/h2-10H,1H3,(H,17,19)/p+1. The minimum atomic E-state index is -0.175. The highest BCUT2D eigenvalue weighted by atomic mass is 16.2. The molecule has 2 aromatic carbocycles. The van der Waals surface area contributed by atoms with Gasteiger partial charge >= 0.3 is 0 Å². The SMILES string of the molecule is C[NH+](NC(=O)c1ccc(C#N)cc1)c1ccccc1. The van der Waals surface area contributed by atoms with E-state index in [1.165, 1.54) is 0 Å². The Morgan fingerprint density at radius 1 is 1.11 bits per heavy atom. The van der Waals surface area contributed by atoms with Crippen molar-refractivity contribution in [3.63, 3.8) is 0 Å². The van der Waals surface area contributed by atoms with Crippen LogP contribution in [0.15, 0.2) is 54.6 Å². The molecular formula is C15H14N3O+. The van der Waals surface area contributed by atoms with Crippen LogP contribution in [0.5, 0.6) is 0 Å². The quantitative estimate of drug-likeness (QED) is 0.802. The molecule has 0 aliphatic rings. The van der Waals surface area contributed by atoms with Crippen molar-refractivity contribution < 1.29 is 9.80 Å². The van der Waals surface area contributed by atoms with Gasteiger partial charge in [0.2, 0.25) is 0 Å². The lowest BCUT2D eigenvalue weighted by molar-refractivity contribution is -0.849. The summed E-state index contributed by atoms with van der Waals surface area (Å²) in [5.41, 5.74) is 4.90. The molecule has 1 unspecified atom stereocenters. The van der Waals surface area contributed by atoms with Crippen LogP contribution in [0.25, 0.3) is 0 Å². The number of carbonyl (C=O) groups excluding carboxylic acids is 1. The topological polar surface area (TPSA) is 57.3 Å². The first-order chi connectivity index (χ1) is 9.20. The molecule has 4 nitrogen and oxygen atoms in total. The van der Waals surface area contributed by atoms with Crippen LogP contribution in [-0.4, -0.2) is 13.0 Å². The summed E-state index contributed by atoms with van der Waals surface area (Å²) in [6.45, 7) is 0. The maximum Gasteiger partial charge on any atom is 0.296 e. The van der Waals surface area contributed by atoms with Crippen molar-refractivity contribution in [2.45, 2.75) is 0 Å². The van der Waals surface area contributed by atoms with Crippen LogP contribution in [0.3, 0.4) is 0 Å². The number of hydrogen-bond donors (Lipinski definition) is 2. The smallest absolute Gasteiger partial charge is 0.264 e. The molecule has 0 radical (unpaired) electrons. The van der Waals surface area contributed by atoms with E-state index in [2.05, 4.69) is 5.43 Å². The van der Waals surface area contributed by atoms with E-state index in [1.807, 2.05) is 43.4 Å². The average molecular weight is 252 g/mol. The second kappa shape index (κ2) is 5.80. The van der Waals surface area contributed by atoms with Crippen LogP contribution in [0.2, 0.25) is 0 Å². The second-order valence-electron chi connectivity index (χ2n) is 4.13. The normalized spacial score (nSPS) is 11.4. The summed E-state index contributed by atoms with van der Waals surface area (Å²) < 4.78 is 0. The Labute approximate surface area is 111 Å². The number of amides is 1. The summed E-state index contributed by atoms with van der Waals surface area (Å²) in [4.78, 5) is 12.0. The number of benzene rings is 2. The number of carbonyl (C=O) groups is 1. The van der Waals surface area contributed by atoms with E-state index in [4.69, 9.17) is 5.26 Å². The largest absolute Gasteiger partial charge is 0.296 e. The number of nitrogens with zero attached hydrogens (tertiary/aromatic N) is 1. The number of nitrogens with one attached hydrogen (secondary N) is 2. The molecular weight excluding hydrogens is 238 g/mol. The van der Waals surface area contributed by atoms with Crippen molar-refractivity contribution in [2.24, 2.45) is 0 Å². The van der Waals surface area contributed by atoms with Crippen molar-refractivity contribution in [2.75, 3.05) is 7.05 Å². The number of para-hydroxylation sites is 1. The third-order valence-corrected chi connectivity index (χ3v) is 2.78. The summed E-state index contributed by atoms with van der Waals surface area (Å²) >= 11 is 0. The van der Waals surface area contributed by atoms with Gasteiger partial charge in [0, 0.05) is 17.7 Å². The molecule has 0 fully saturated rings. The highest BCUT2D eigenvalue weighted by Gasteiger charge is 2.12. The first-order valence-electron chi connectivity index (χ1n) is 5.91. The summed E-state index contributed by atoms with van der Waals surface area (Å²) in [6.07, 6.45) is 0. The summed E-state index contributed by atoms with van der Waals surface area (Å²) in [5.74, 6) is -0.175. The van der Waals surface area contributed by atoms with E-state index in [-0.39, 0.29) is 5.91 Å². The van der Waals surface area contributed by atoms with Crippen molar-refractivity contribution in [3.05, 3.63) is 65.7 Å². The maximum atomic E-state index is 12.0. The van der Waals surface area contributed by atoms with Crippen molar-refractivity contribution in [1.29, 1.82) is 5.26 Å². The molecule has 0 bridgehead atoms. The van der Waals surface area contributed by atoms with Gasteiger partial charge in [-0.15, -0.1) is 0 Å². The number of rotatable bonds is 3. The van der Waals surface area contributed by atoms with Gasteiger partial charge in [0.05, 0.1) is 18.7 Å². The fourth-order valence-corrected chi connectivity index (χ4v) is 1.70. The fraction of sp³-hybridized carbons (Fsp3) is 0.0667. The van der Waals surface area contributed by atoms with Gasteiger partial charge in [0.25, 0.3) is 5.91 Å². The molecule has 0 aliphatic carbocycles. The number of hydrogen-bond acceptors (Lipinski definition) is 2. The van der Waals surface area contributed by atoms with Crippen LogP contribution < -0.4 is 10.4 Å². The molecule has 94 valence electrons. The monoisotopic (exact) mass is 252 g/mol. The highest BCUT2D eigenvalue weighted by Crippen LogP contribution is 2.03. The molecule has 4 heteroatoms. The first-order valence-corrected chi connectivity index (χ1v) is 5.91. The number of quaternary nitrogens is 1. The maximum absolute atomic E-state index is 12.0. The molecule has 0 spiro atoms. The minimum Gasteiger partial charge on any atom is -0.264 e. The van der Waals surface area contributed by atoms with Gasteiger partial charge in [-0.05, 0) is 24.3 Å². The summed E-state index contributed by atoms with van der Waals surface area (Å²) in [7, 11) is 1.86. The Hall–Kier alpha value is -2.64. The van der Waals surface area contributed by atoms with Crippen LogP contribution in [0.4, 0.5) is 5.69 Å². The minimum absolute atomic E-state index is 0.175. The molecule has 1 amide bonds. The van der Waals surface area contributed by atoms with Gasteiger partial charge in [-0.3, -0.25) is 4.79 Å².